The Labute approximate surface area is 42.9 Å². The van der Waals surface area contributed by atoms with E-state index in [1.165, 1.54) is 0 Å². The molecule has 4 heteroatoms. The molecule has 0 bridgehead atoms. The van der Waals surface area contributed by atoms with Gasteiger partial charge >= 0.3 is 0 Å². The Morgan fingerprint density at radius 1 is 1.60 bits per heavy atom. The van der Waals surface area contributed by atoms with Gasteiger partial charge in [0.1, 0.15) is 0 Å². The summed E-state index contributed by atoms with van der Waals surface area (Å²) in [6, 6.07) is 0. The van der Waals surface area contributed by atoms with Crippen LogP contribution in [0, 0.1) is 5.41 Å². The first-order valence-corrected chi connectivity index (χ1v) is 0.454. The zero-order valence-electron chi connectivity index (χ0n) is 2.32. The molecule has 0 aromatic carbocycles. The lowest BCUT2D eigenvalue weighted by Gasteiger charge is -1.02. The largest absolute Gasteiger partial charge is 0.231 e. The van der Waals surface area contributed by atoms with Crippen molar-refractivity contribution in [1.82, 2.24) is 0 Å². The Morgan fingerprint density at radius 3 is 1.60 bits per heavy atom. The summed E-state index contributed by atoms with van der Waals surface area (Å²) in [5, 5.41) is 5.40. The number of rotatable bonds is 0. The quantitative estimate of drug-likeness (QED) is 0.359. The number of hydrogen-bond donors (Lipinski definition) is 1. The van der Waals surface area contributed by atoms with E-state index in [1.807, 2.05) is 0 Å². The number of hydrogen-bond acceptors (Lipinski definition) is 2. The van der Waals surface area contributed by atoms with Crippen LogP contribution in [0.1, 0.15) is 0 Å². The Balaban J connectivity index is -0.0000000200. The fourth-order valence-corrected chi connectivity index (χ4v) is 0. The lowest BCUT2D eigenvalue weighted by molar-refractivity contribution is 0.563. The molecule has 2 nitrogen and oxygen atoms in total. The molecule has 0 heterocycles. The topological polar surface area (TPSA) is 40.9 Å². The van der Waals surface area contributed by atoms with Crippen LogP contribution in [0.15, 0.2) is 0 Å². The molecule has 0 fully saturated rings. The molecule has 0 aromatic heterocycles. The van der Waals surface area contributed by atoms with Crippen molar-refractivity contribution in [3.8, 4) is 0 Å². The third-order valence-electron chi connectivity index (χ3n) is 0. The van der Waals surface area contributed by atoms with Gasteiger partial charge in [-0.2, -0.15) is 13.5 Å². The molecule has 0 amide bonds. The van der Waals surface area contributed by atoms with Crippen LogP contribution in [0.5, 0.6) is 0 Å². The van der Waals surface area contributed by atoms with E-state index in [0.717, 1.165) is 6.08 Å². The number of nitrogens with one attached hydrogen (secondary N) is 1. The Morgan fingerprint density at radius 2 is 1.60 bits per heavy atom. The highest BCUT2D eigenvalue weighted by molar-refractivity contribution is 7.59. The number of isocyanates is 1. The fraction of sp³-hybridized carbons (Fsp3) is 0. The molecule has 0 saturated heterocycles. The van der Waals surface area contributed by atoms with Crippen LogP contribution in [0.2, 0.25) is 0 Å². The van der Waals surface area contributed by atoms with Crippen molar-refractivity contribution in [2.24, 2.45) is 0 Å². The van der Waals surface area contributed by atoms with Gasteiger partial charge in [-0.25, -0.2) is 10.2 Å². The van der Waals surface area contributed by atoms with Crippen LogP contribution >= 0.6 is 25.9 Å². The van der Waals surface area contributed by atoms with E-state index in [4.69, 9.17) is 10.2 Å². The van der Waals surface area contributed by atoms with Gasteiger partial charge in [0.2, 0.25) is 6.08 Å². The SMILES string of the molecule is Cl.N=C=O.S. The molecular formula is CH4ClNOS. The smallest absolute Gasteiger partial charge is 0.222 e. The Bertz CT molecular complexity index is 32.6. The summed E-state index contributed by atoms with van der Waals surface area (Å²) < 4.78 is 0. The molecule has 0 aliphatic rings. The summed E-state index contributed by atoms with van der Waals surface area (Å²) >= 11 is 0. The molecule has 0 spiro atoms. The Kier molecular flexibility index (Phi) is 140. The number of halogens is 1. The van der Waals surface area contributed by atoms with Crippen LogP contribution in [-0.2, 0) is 4.79 Å². The molecule has 5 heavy (non-hydrogen) atoms. The van der Waals surface area contributed by atoms with Gasteiger partial charge in [0.25, 0.3) is 0 Å². The number of carbonyl (C=O) groups excluding carboxylic acids is 1. The monoisotopic (exact) mass is 113 g/mol. The molecule has 32 valence electrons. The molecule has 0 atom stereocenters. The van der Waals surface area contributed by atoms with Crippen molar-refractivity contribution in [2.45, 2.75) is 0 Å². The second-order valence-corrected chi connectivity index (χ2v) is 0.102. The second kappa shape index (κ2) is 35.2. The van der Waals surface area contributed by atoms with Crippen molar-refractivity contribution >= 4 is 32.0 Å². The van der Waals surface area contributed by atoms with Crippen LogP contribution in [0.25, 0.3) is 0 Å². The average Bonchev–Trinajstić information content (AvgIpc) is 0.918. The van der Waals surface area contributed by atoms with Crippen molar-refractivity contribution in [3.63, 3.8) is 0 Å². The molecule has 0 aliphatic heterocycles. The summed E-state index contributed by atoms with van der Waals surface area (Å²) in [5.41, 5.74) is 0. The second-order valence-electron chi connectivity index (χ2n) is 0.102. The summed E-state index contributed by atoms with van der Waals surface area (Å²) in [4.78, 5) is 8.35. The highest BCUT2D eigenvalue weighted by Crippen LogP contribution is 0.868. The van der Waals surface area contributed by atoms with Crippen molar-refractivity contribution in [1.29, 1.82) is 5.41 Å². The van der Waals surface area contributed by atoms with E-state index in [0.29, 0.717) is 0 Å². The van der Waals surface area contributed by atoms with Gasteiger partial charge in [0.15, 0.2) is 0 Å². The van der Waals surface area contributed by atoms with Crippen molar-refractivity contribution < 1.29 is 4.79 Å². The molecule has 0 rings (SSSR count). The summed E-state index contributed by atoms with van der Waals surface area (Å²) in [6.07, 6.45) is 0.750. The first-order chi connectivity index (χ1) is 1.41. The van der Waals surface area contributed by atoms with Gasteiger partial charge in [-0.1, -0.05) is 0 Å². The van der Waals surface area contributed by atoms with Crippen molar-refractivity contribution in [2.75, 3.05) is 0 Å². The fourth-order valence-electron chi connectivity index (χ4n) is 0. The van der Waals surface area contributed by atoms with Gasteiger partial charge in [0.05, 0.1) is 0 Å². The minimum absolute atomic E-state index is 0. The van der Waals surface area contributed by atoms with Gasteiger partial charge in [-0.05, 0) is 0 Å². The summed E-state index contributed by atoms with van der Waals surface area (Å²) in [7, 11) is 0. The van der Waals surface area contributed by atoms with Gasteiger partial charge in [-0.15, -0.1) is 12.4 Å². The molecule has 0 radical (unpaired) electrons. The predicted molar refractivity (Wildman–Crippen MR) is 26.0 cm³/mol. The highest BCUT2D eigenvalue weighted by atomic mass is 35.5. The molecule has 0 aromatic rings. The third kappa shape index (κ3) is 41000. The van der Waals surface area contributed by atoms with E-state index >= 15 is 0 Å². The van der Waals surface area contributed by atoms with Crippen LogP contribution in [-0.4, -0.2) is 6.08 Å². The van der Waals surface area contributed by atoms with Crippen LogP contribution in [0.4, 0.5) is 0 Å². The maximum Gasteiger partial charge on any atom is 0.231 e. The van der Waals surface area contributed by atoms with Crippen LogP contribution in [0.3, 0.4) is 0 Å². The zero-order chi connectivity index (χ0) is 2.71. The van der Waals surface area contributed by atoms with E-state index < -0.39 is 0 Å². The zero-order valence-corrected chi connectivity index (χ0v) is 4.13. The normalized spacial score (nSPS) is 1.60. The predicted octanol–water partition coefficient (Wildman–Crippen LogP) is 0.436. The lowest BCUT2D eigenvalue weighted by Crippen LogP contribution is -1.16. The lowest BCUT2D eigenvalue weighted by atomic mass is 11.7. The van der Waals surface area contributed by atoms with E-state index in [1.54, 1.807) is 0 Å². The minimum Gasteiger partial charge on any atom is -0.222 e. The van der Waals surface area contributed by atoms with Gasteiger partial charge in [0, 0.05) is 0 Å². The van der Waals surface area contributed by atoms with Gasteiger partial charge < -0.3 is 0 Å². The molecule has 0 aliphatic carbocycles. The van der Waals surface area contributed by atoms with Gasteiger partial charge in [-0.3, -0.25) is 0 Å². The van der Waals surface area contributed by atoms with E-state index in [-0.39, 0.29) is 25.9 Å². The minimum atomic E-state index is 0. The highest BCUT2D eigenvalue weighted by Gasteiger charge is 1.03. The average molecular weight is 114 g/mol. The molecule has 0 unspecified atom stereocenters. The summed E-state index contributed by atoms with van der Waals surface area (Å²) in [6.45, 7) is 0. The first kappa shape index (κ1) is 19.9. The molecule has 0 saturated carbocycles. The Hall–Kier alpha value is 0.0200. The first-order valence-electron chi connectivity index (χ1n) is 0.454. The van der Waals surface area contributed by atoms with E-state index in [2.05, 4.69) is 0 Å². The summed E-state index contributed by atoms with van der Waals surface area (Å²) in [5.74, 6) is 0. The maximum absolute atomic E-state index is 8.35. The van der Waals surface area contributed by atoms with Crippen LogP contribution < -0.4 is 0 Å². The van der Waals surface area contributed by atoms with E-state index in [9.17, 15) is 0 Å². The molecule has 1 N–H and O–H groups in total. The molecular weight excluding hydrogens is 110 g/mol. The maximum atomic E-state index is 8.35. The third-order valence-corrected chi connectivity index (χ3v) is 0. The standard InChI is InChI=1S/CHNO.ClH.H2S/c2-1-3;;/h2H;1H;1H2. The van der Waals surface area contributed by atoms with Crippen molar-refractivity contribution in [3.05, 3.63) is 0 Å².